The molecule has 180 valence electrons. The Morgan fingerprint density at radius 1 is 0.946 bits per heavy atom. The first-order valence-corrected chi connectivity index (χ1v) is 13.2. The van der Waals surface area contributed by atoms with Gasteiger partial charge in [0.2, 0.25) is 5.13 Å². The molecule has 0 aliphatic heterocycles. The van der Waals surface area contributed by atoms with E-state index >= 15 is 0 Å². The maximum Gasteiger partial charge on any atom is 0.277 e. The molecule has 0 spiro atoms. The quantitative estimate of drug-likeness (QED) is 0.244. The molecule has 2 heterocycles. The van der Waals surface area contributed by atoms with E-state index in [-0.39, 0.29) is 5.56 Å². The standard InChI is InChI=1S/C29H20BrN5OS/c1-18-7-9-19(10-8-18)24-17-37-29(33-24)35-28(36)26(27(34-35)21-5-3-2-4-6-21)25(22(15-31)16-32)20-11-13-23(30)14-12-20/h2-14,17,22,25,34H,1H3/t25-/m0/s1. The van der Waals surface area contributed by atoms with Crippen LogP contribution in [0.5, 0.6) is 0 Å². The Morgan fingerprint density at radius 3 is 2.27 bits per heavy atom. The molecule has 8 heteroatoms. The summed E-state index contributed by atoms with van der Waals surface area (Å²) in [5.74, 6) is -1.83. The maximum absolute atomic E-state index is 14.0. The van der Waals surface area contributed by atoms with Crippen molar-refractivity contribution in [2.45, 2.75) is 12.8 Å². The van der Waals surface area contributed by atoms with Gasteiger partial charge in [-0.15, -0.1) is 11.3 Å². The van der Waals surface area contributed by atoms with Crippen LogP contribution in [-0.2, 0) is 0 Å². The lowest BCUT2D eigenvalue weighted by molar-refractivity contribution is 0.703. The van der Waals surface area contributed by atoms with Crippen LogP contribution in [0, 0.1) is 35.5 Å². The number of rotatable bonds is 6. The lowest BCUT2D eigenvalue weighted by atomic mass is 9.81. The first kappa shape index (κ1) is 24.5. The fourth-order valence-corrected chi connectivity index (χ4v) is 5.35. The summed E-state index contributed by atoms with van der Waals surface area (Å²) in [5, 5.41) is 25.4. The van der Waals surface area contributed by atoms with Crippen LogP contribution in [0.15, 0.2) is 93.5 Å². The fraction of sp³-hybridized carbons (Fsp3) is 0.103. The second kappa shape index (κ2) is 10.4. The lowest BCUT2D eigenvalue weighted by Crippen LogP contribution is -2.23. The van der Waals surface area contributed by atoms with Gasteiger partial charge < -0.3 is 0 Å². The summed E-state index contributed by atoms with van der Waals surface area (Å²) in [5.41, 5.74) is 4.93. The zero-order valence-corrected chi connectivity index (χ0v) is 22.1. The molecule has 0 saturated carbocycles. The van der Waals surface area contributed by atoms with E-state index in [1.54, 1.807) is 0 Å². The van der Waals surface area contributed by atoms with Crippen molar-refractivity contribution in [1.82, 2.24) is 14.8 Å². The molecule has 0 radical (unpaired) electrons. The molecule has 37 heavy (non-hydrogen) atoms. The van der Waals surface area contributed by atoms with Crippen LogP contribution in [0.25, 0.3) is 27.6 Å². The highest BCUT2D eigenvalue weighted by molar-refractivity contribution is 9.10. The Hall–Kier alpha value is -4.24. The zero-order chi connectivity index (χ0) is 25.9. The lowest BCUT2D eigenvalue weighted by Gasteiger charge is -2.18. The number of hydrogen-bond donors (Lipinski definition) is 1. The van der Waals surface area contributed by atoms with Crippen molar-refractivity contribution in [3.05, 3.63) is 116 Å². The number of aromatic amines is 1. The average molecular weight is 566 g/mol. The number of nitriles is 2. The number of H-pyrrole nitrogens is 1. The van der Waals surface area contributed by atoms with Crippen molar-refractivity contribution in [3.8, 4) is 39.8 Å². The summed E-state index contributed by atoms with van der Waals surface area (Å²) in [6, 6.07) is 29.0. The van der Waals surface area contributed by atoms with Crippen molar-refractivity contribution in [1.29, 1.82) is 10.5 Å². The van der Waals surface area contributed by atoms with E-state index in [9.17, 15) is 15.3 Å². The summed E-state index contributed by atoms with van der Waals surface area (Å²) >= 11 is 4.79. The van der Waals surface area contributed by atoms with Crippen molar-refractivity contribution in [2.75, 3.05) is 0 Å². The van der Waals surface area contributed by atoms with E-state index in [4.69, 9.17) is 4.98 Å². The molecule has 5 aromatic rings. The predicted molar refractivity (Wildman–Crippen MR) is 148 cm³/mol. The number of hydrogen-bond acceptors (Lipinski definition) is 5. The summed E-state index contributed by atoms with van der Waals surface area (Å²) in [6.07, 6.45) is 0. The molecular weight excluding hydrogens is 546 g/mol. The number of nitrogens with zero attached hydrogens (tertiary/aromatic N) is 4. The van der Waals surface area contributed by atoms with Gasteiger partial charge >= 0.3 is 0 Å². The van der Waals surface area contributed by atoms with Crippen molar-refractivity contribution in [2.24, 2.45) is 5.92 Å². The summed E-state index contributed by atoms with van der Waals surface area (Å²) in [6.45, 7) is 2.03. The van der Waals surface area contributed by atoms with E-state index < -0.39 is 11.8 Å². The first-order valence-electron chi connectivity index (χ1n) is 11.5. The molecule has 6 nitrogen and oxygen atoms in total. The average Bonchev–Trinajstić information content (AvgIpc) is 3.54. The van der Waals surface area contributed by atoms with Gasteiger partial charge in [0.25, 0.3) is 5.56 Å². The maximum atomic E-state index is 14.0. The molecule has 0 amide bonds. The van der Waals surface area contributed by atoms with Gasteiger partial charge in [-0.25, -0.2) is 4.98 Å². The third kappa shape index (κ3) is 4.77. The van der Waals surface area contributed by atoms with Gasteiger partial charge in [-0.3, -0.25) is 9.89 Å². The molecular formula is C29H20BrN5OS. The minimum atomic E-state index is -1.07. The van der Waals surface area contributed by atoms with Crippen LogP contribution in [0.3, 0.4) is 0 Å². The highest BCUT2D eigenvalue weighted by Crippen LogP contribution is 2.36. The summed E-state index contributed by atoms with van der Waals surface area (Å²) in [7, 11) is 0. The highest BCUT2D eigenvalue weighted by atomic mass is 79.9. The predicted octanol–water partition coefficient (Wildman–Crippen LogP) is 6.82. The van der Waals surface area contributed by atoms with Crippen LogP contribution in [0.2, 0.25) is 0 Å². The SMILES string of the molecule is Cc1ccc(-c2csc(-n3[nH]c(-c4ccccc4)c([C@@H](c4ccc(Br)cc4)C(C#N)C#N)c3=O)n2)cc1. The van der Waals surface area contributed by atoms with Gasteiger partial charge in [0.05, 0.1) is 29.1 Å². The first-order chi connectivity index (χ1) is 18.0. The van der Waals surface area contributed by atoms with Crippen LogP contribution in [0.4, 0.5) is 0 Å². The third-order valence-corrected chi connectivity index (χ3v) is 7.53. The molecule has 2 aromatic heterocycles. The van der Waals surface area contributed by atoms with Crippen molar-refractivity contribution < 1.29 is 0 Å². The van der Waals surface area contributed by atoms with Crippen LogP contribution >= 0.6 is 27.3 Å². The fourth-order valence-electron chi connectivity index (χ4n) is 4.30. The van der Waals surface area contributed by atoms with Gasteiger partial charge in [-0.05, 0) is 30.2 Å². The van der Waals surface area contributed by atoms with E-state index in [0.717, 1.165) is 26.9 Å². The Bertz CT molecular complexity index is 1670. The Labute approximate surface area is 226 Å². The smallest absolute Gasteiger partial charge is 0.277 e. The summed E-state index contributed by atoms with van der Waals surface area (Å²) in [4.78, 5) is 18.8. The normalized spacial score (nSPS) is 11.7. The molecule has 1 N–H and O–H groups in total. The van der Waals surface area contributed by atoms with Crippen LogP contribution in [0.1, 0.15) is 22.6 Å². The Kier molecular flexibility index (Phi) is 6.87. The van der Waals surface area contributed by atoms with Gasteiger partial charge in [0.15, 0.2) is 0 Å². The number of nitrogens with one attached hydrogen (secondary N) is 1. The monoisotopic (exact) mass is 565 g/mol. The second-order valence-electron chi connectivity index (χ2n) is 8.55. The van der Waals surface area contributed by atoms with E-state index in [2.05, 4.69) is 33.2 Å². The van der Waals surface area contributed by atoms with E-state index in [0.29, 0.717) is 22.0 Å². The Balaban J connectivity index is 1.72. The molecule has 0 saturated heterocycles. The number of aromatic nitrogens is 3. The molecule has 0 aliphatic carbocycles. The van der Waals surface area contributed by atoms with Gasteiger partial charge in [0.1, 0.15) is 5.92 Å². The molecule has 0 fully saturated rings. The minimum absolute atomic E-state index is 0.341. The second-order valence-corrected chi connectivity index (χ2v) is 10.3. The zero-order valence-electron chi connectivity index (χ0n) is 19.7. The van der Waals surface area contributed by atoms with Gasteiger partial charge in [-0.2, -0.15) is 15.2 Å². The minimum Gasteiger partial charge on any atom is -0.288 e. The topological polar surface area (TPSA) is 98.3 Å². The number of aryl methyl sites for hydroxylation is 1. The van der Waals surface area contributed by atoms with Crippen molar-refractivity contribution >= 4 is 27.3 Å². The number of benzene rings is 3. The highest BCUT2D eigenvalue weighted by Gasteiger charge is 2.33. The number of thiazole rings is 1. The molecule has 0 aliphatic rings. The third-order valence-electron chi connectivity index (χ3n) is 6.17. The van der Waals surface area contributed by atoms with Crippen LogP contribution in [-0.4, -0.2) is 14.8 Å². The molecule has 3 aromatic carbocycles. The molecule has 1 atom stereocenters. The largest absolute Gasteiger partial charge is 0.288 e. The van der Waals surface area contributed by atoms with Gasteiger partial charge in [0, 0.05) is 21.3 Å². The van der Waals surface area contributed by atoms with Gasteiger partial charge in [-0.1, -0.05) is 88.2 Å². The number of halogens is 1. The van der Waals surface area contributed by atoms with Crippen molar-refractivity contribution in [3.63, 3.8) is 0 Å². The molecule has 0 unspecified atom stereocenters. The van der Waals surface area contributed by atoms with Crippen LogP contribution < -0.4 is 5.56 Å². The molecule has 0 bridgehead atoms. The van der Waals surface area contributed by atoms with E-state index in [1.165, 1.54) is 16.0 Å². The Morgan fingerprint density at radius 2 is 1.62 bits per heavy atom. The summed E-state index contributed by atoms with van der Waals surface area (Å²) < 4.78 is 2.28. The molecule has 5 rings (SSSR count). The van der Waals surface area contributed by atoms with E-state index in [1.807, 2.05) is 91.2 Å².